The van der Waals surface area contributed by atoms with Gasteiger partial charge in [0.2, 0.25) is 5.91 Å². The zero-order valence-corrected chi connectivity index (χ0v) is 19.1. The Balaban J connectivity index is 1.32. The second kappa shape index (κ2) is 11.3. The number of aromatic nitrogens is 3. The van der Waals surface area contributed by atoms with Crippen LogP contribution in [0, 0.1) is 0 Å². The van der Waals surface area contributed by atoms with E-state index in [1.165, 1.54) is 6.33 Å². The van der Waals surface area contributed by atoms with E-state index in [0.717, 1.165) is 22.3 Å². The highest BCUT2D eigenvalue weighted by molar-refractivity contribution is 5.86. The third-order valence-corrected chi connectivity index (χ3v) is 5.93. The fourth-order valence-corrected chi connectivity index (χ4v) is 4.24. The second-order valence-corrected chi connectivity index (χ2v) is 8.26. The molecule has 0 bridgehead atoms. The van der Waals surface area contributed by atoms with E-state index >= 15 is 0 Å². The number of aryl methyl sites for hydroxylation is 1. The molecule has 10 nitrogen and oxygen atoms in total. The summed E-state index contributed by atoms with van der Waals surface area (Å²) < 4.78 is 7.15. The molecule has 0 spiro atoms. The number of carbonyl (C=O) groups excluding carboxylic acids is 2. The first-order valence-electron chi connectivity index (χ1n) is 11.5. The Labute approximate surface area is 202 Å². The van der Waals surface area contributed by atoms with Gasteiger partial charge in [-0.1, -0.05) is 48.5 Å². The van der Waals surface area contributed by atoms with Gasteiger partial charge in [-0.05, 0) is 35.1 Å². The summed E-state index contributed by atoms with van der Waals surface area (Å²) in [4.78, 5) is 40.1. The lowest BCUT2D eigenvalue weighted by Gasteiger charge is -2.19. The molecule has 2 amide bonds. The van der Waals surface area contributed by atoms with E-state index in [2.05, 4.69) is 20.7 Å². The predicted octanol–water partition coefficient (Wildman–Crippen LogP) is 2.56. The van der Waals surface area contributed by atoms with Crippen molar-refractivity contribution >= 4 is 18.0 Å². The first-order chi connectivity index (χ1) is 17.0. The van der Waals surface area contributed by atoms with Crippen LogP contribution in [0.15, 0.2) is 61.2 Å². The van der Waals surface area contributed by atoms with Crippen molar-refractivity contribution in [3.05, 3.63) is 72.3 Å². The van der Waals surface area contributed by atoms with Crippen molar-refractivity contribution in [1.29, 1.82) is 0 Å². The van der Waals surface area contributed by atoms with Crippen LogP contribution < -0.4 is 10.6 Å². The van der Waals surface area contributed by atoms with Crippen molar-refractivity contribution in [2.24, 2.45) is 0 Å². The van der Waals surface area contributed by atoms with Crippen LogP contribution >= 0.6 is 0 Å². The van der Waals surface area contributed by atoms with Crippen LogP contribution in [-0.4, -0.2) is 57.0 Å². The summed E-state index contributed by atoms with van der Waals surface area (Å²) in [6.07, 6.45) is 2.54. The van der Waals surface area contributed by atoms with E-state index in [-0.39, 0.29) is 25.4 Å². The Hall–Kier alpha value is -4.21. The molecule has 1 aliphatic carbocycles. The van der Waals surface area contributed by atoms with Gasteiger partial charge in [-0.15, -0.1) is 0 Å². The number of ether oxygens (including phenoxy) is 1. The normalized spacial score (nSPS) is 12.9. The number of carbonyl (C=O) groups is 3. The van der Waals surface area contributed by atoms with Gasteiger partial charge in [0.25, 0.3) is 0 Å². The molecule has 182 valence electrons. The number of carboxylic acid groups (broad SMARTS) is 1. The van der Waals surface area contributed by atoms with Crippen LogP contribution in [-0.2, 0) is 20.9 Å². The molecular formula is C25H27N5O5. The minimum absolute atomic E-state index is 0.0472. The van der Waals surface area contributed by atoms with Crippen LogP contribution in [0.2, 0.25) is 0 Å². The maximum absolute atomic E-state index is 12.6. The predicted molar refractivity (Wildman–Crippen MR) is 127 cm³/mol. The number of hydrogen-bond acceptors (Lipinski definition) is 6. The van der Waals surface area contributed by atoms with Crippen LogP contribution in [0.5, 0.6) is 0 Å². The molecule has 2 aromatic carbocycles. The molecule has 1 heterocycles. The fourth-order valence-electron chi connectivity index (χ4n) is 4.24. The van der Waals surface area contributed by atoms with Gasteiger partial charge in [0.15, 0.2) is 0 Å². The molecular weight excluding hydrogens is 450 g/mol. The Bertz CT molecular complexity index is 1140. The summed E-state index contributed by atoms with van der Waals surface area (Å²) in [7, 11) is 0. The van der Waals surface area contributed by atoms with Crippen molar-refractivity contribution in [1.82, 2.24) is 25.4 Å². The molecule has 1 unspecified atom stereocenters. The molecule has 1 aromatic heterocycles. The summed E-state index contributed by atoms with van der Waals surface area (Å²) in [5.74, 6) is -1.63. The van der Waals surface area contributed by atoms with Gasteiger partial charge in [-0.2, -0.15) is 5.10 Å². The zero-order chi connectivity index (χ0) is 24.6. The second-order valence-electron chi connectivity index (χ2n) is 8.26. The Morgan fingerprint density at radius 3 is 2.37 bits per heavy atom. The van der Waals surface area contributed by atoms with Gasteiger partial charge in [-0.3, -0.25) is 14.3 Å². The van der Waals surface area contributed by atoms with Crippen molar-refractivity contribution in [3.8, 4) is 11.1 Å². The molecule has 3 aromatic rings. The highest BCUT2D eigenvalue weighted by Gasteiger charge is 2.29. The van der Waals surface area contributed by atoms with Gasteiger partial charge in [-0.25, -0.2) is 9.78 Å². The molecule has 0 radical (unpaired) electrons. The quantitative estimate of drug-likeness (QED) is 0.361. The first-order valence-corrected chi connectivity index (χ1v) is 11.5. The van der Waals surface area contributed by atoms with Crippen molar-refractivity contribution in [2.45, 2.75) is 37.8 Å². The molecule has 0 saturated carbocycles. The van der Waals surface area contributed by atoms with E-state index in [9.17, 15) is 14.4 Å². The largest absolute Gasteiger partial charge is 0.481 e. The van der Waals surface area contributed by atoms with Gasteiger partial charge in [0, 0.05) is 25.4 Å². The summed E-state index contributed by atoms with van der Waals surface area (Å²) in [6, 6.07) is 15.0. The molecule has 4 rings (SSSR count). The minimum Gasteiger partial charge on any atom is -0.481 e. The lowest BCUT2D eigenvalue weighted by molar-refractivity contribution is -0.137. The van der Waals surface area contributed by atoms with Crippen LogP contribution in [0.1, 0.15) is 36.3 Å². The minimum atomic E-state index is -1.05. The number of rotatable bonds is 11. The molecule has 10 heteroatoms. The number of fused-ring (bicyclic) bond motifs is 3. The molecule has 0 saturated heterocycles. The summed E-state index contributed by atoms with van der Waals surface area (Å²) in [5.41, 5.74) is 4.38. The third kappa shape index (κ3) is 6.03. The van der Waals surface area contributed by atoms with Crippen LogP contribution in [0.4, 0.5) is 4.79 Å². The van der Waals surface area contributed by atoms with E-state index in [1.54, 1.807) is 11.0 Å². The Morgan fingerprint density at radius 2 is 1.74 bits per heavy atom. The zero-order valence-electron chi connectivity index (χ0n) is 19.1. The topological polar surface area (TPSA) is 135 Å². The number of benzene rings is 2. The lowest BCUT2D eigenvalue weighted by atomic mass is 9.98. The molecule has 3 N–H and O–H groups in total. The SMILES string of the molecule is O=C(O)CCC(NC(=O)OCC1c2ccccc2-c2ccccc21)C(=O)NCCCn1cncn1. The van der Waals surface area contributed by atoms with E-state index < -0.39 is 24.0 Å². The molecule has 35 heavy (non-hydrogen) atoms. The van der Waals surface area contributed by atoms with E-state index in [4.69, 9.17) is 9.84 Å². The Morgan fingerprint density at radius 1 is 1.06 bits per heavy atom. The lowest BCUT2D eigenvalue weighted by Crippen LogP contribution is -2.47. The van der Waals surface area contributed by atoms with E-state index in [0.29, 0.717) is 19.5 Å². The maximum atomic E-state index is 12.6. The number of hydrogen-bond donors (Lipinski definition) is 3. The molecule has 1 atom stereocenters. The summed E-state index contributed by atoms with van der Waals surface area (Å²) in [6.45, 7) is 1.01. The number of aliphatic carboxylic acids is 1. The van der Waals surface area contributed by atoms with Gasteiger partial charge >= 0.3 is 12.1 Å². The summed E-state index contributed by atoms with van der Waals surface area (Å²) in [5, 5.41) is 18.3. The maximum Gasteiger partial charge on any atom is 0.407 e. The number of amides is 2. The first kappa shape index (κ1) is 23.9. The smallest absolute Gasteiger partial charge is 0.407 e. The average Bonchev–Trinajstić information content (AvgIpc) is 3.49. The Kier molecular flexibility index (Phi) is 7.71. The van der Waals surface area contributed by atoms with Crippen molar-refractivity contribution in [3.63, 3.8) is 0 Å². The number of carboxylic acids is 1. The highest BCUT2D eigenvalue weighted by atomic mass is 16.5. The molecule has 0 aliphatic heterocycles. The van der Waals surface area contributed by atoms with Crippen molar-refractivity contribution in [2.75, 3.05) is 13.2 Å². The monoisotopic (exact) mass is 477 g/mol. The summed E-state index contributed by atoms with van der Waals surface area (Å²) >= 11 is 0. The van der Waals surface area contributed by atoms with Crippen molar-refractivity contribution < 1.29 is 24.2 Å². The van der Waals surface area contributed by atoms with E-state index in [1.807, 2.05) is 48.5 Å². The number of alkyl carbamates (subject to hydrolysis) is 1. The number of nitrogens with zero attached hydrogens (tertiary/aromatic N) is 3. The average molecular weight is 478 g/mol. The standard InChI is InChI=1S/C25H27N5O5/c31-23(32)11-10-22(24(33)27-12-5-13-30-16-26-15-28-30)29-25(34)35-14-21-19-8-3-1-6-17(19)18-7-2-4-9-20(18)21/h1-4,6-9,15-16,21-22H,5,10-14H2,(H,27,33)(H,29,34)(H,31,32). The van der Waals surface area contributed by atoms with Gasteiger partial charge < -0.3 is 20.5 Å². The molecule has 1 aliphatic rings. The van der Waals surface area contributed by atoms with Gasteiger partial charge in [0.1, 0.15) is 25.3 Å². The third-order valence-electron chi connectivity index (χ3n) is 5.93. The molecule has 0 fully saturated rings. The highest BCUT2D eigenvalue weighted by Crippen LogP contribution is 2.44. The van der Waals surface area contributed by atoms with Gasteiger partial charge in [0.05, 0.1) is 0 Å². The number of nitrogens with one attached hydrogen (secondary N) is 2. The van der Waals surface area contributed by atoms with Crippen LogP contribution in [0.25, 0.3) is 11.1 Å². The fraction of sp³-hybridized carbons (Fsp3) is 0.320. The van der Waals surface area contributed by atoms with Crippen LogP contribution in [0.3, 0.4) is 0 Å².